The molecule has 1 N–H and O–H groups in total. The fraction of sp³-hybridized carbons (Fsp3) is 0.217. The van der Waals surface area contributed by atoms with Crippen LogP contribution in [-0.4, -0.2) is 29.4 Å². The number of benzene rings is 2. The molecule has 1 aromatic heterocycles. The van der Waals surface area contributed by atoms with Crippen molar-refractivity contribution in [2.45, 2.75) is 24.2 Å². The smallest absolute Gasteiger partial charge is 0.424 e. The summed E-state index contributed by atoms with van der Waals surface area (Å²) in [6.45, 7) is 0. The van der Waals surface area contributed by atoms with Gasteiger partial charge in [0, 0.05) is 30.1 Å². The Kier molecular flexibility index (Phi) is 6.13. The van der Waals surface area contributed by atoms with Gasteiger partial charge in [0.1, 0.15) is 0 Å². The zero-order chi connectivity index (χ0) is 24.5. The second-order valence-electron chi connectivity index (χ2n) is 7.48. The zero-order valence-electron chi connectivity index (χ0n) is 17.6. The van der Waals surface area contributed by atoms with E-state index in [0.29, 0.717) is 5.06 Å². The van der Waals surface area contributed by atoms with Gasteiger partial charge in [0.25, 0.3) is 0 Å². The first-order valence-electron chi connectivity index (χ1n) is 10.0. The van der Waals surface area contributed by atoms with Crippen LogP contribution in [0.4, 0.5) is 32.4 Å². The SMILES string of the molecule is COc1c(C2CC(c3ccccc3)(C(F)(F)F)ON2C(=O)Nc2ccncc2)ccc(F)c1F. The number of anilines is 1. The van der Waals surface area contributed by atoms with E-state index in [9.17, 15) is 26.7 Å². The van der Waals surface area contributed by atoms with Crippen molar-refractivity contribution in [2.75, 3.05) is 12.4 Å². The highest BCUT2D eigenvalue weighted by molar-refractivity contribution is 5.89. The van der Waals surface area contributed by atoms with Gasteiger partial charge >= 0.3 is 12.2 Å². The van der Waals surface area contributed by atoms with E-state index in [-0.39, 0.29) is 16.8 Å². The highest BCUT2D eigenvalue weighted by atomic mass is 19.4. The topological polar surface area (TPSA) is 63.7 Å². The number of pyridine rings is 1. The Hall–Kier alpha value is -3.73. The molecule has 34 heavy (non-hydrogen) atoms. The highest BCUT2D eigenvalue weighted by Gasteiger charge is 2.65. The Balaban J connectivity index is 1.85. The molecule has 11 heteroatoms. The maximum Gasteiger partial charge on any atom is 0.424 e. The van der Waals surface area contributed by atoms with Crippen molar-refractivity contribution in [3.8, 4) is 5.75 Å². The number of hydroxylamine groups is 2. The second kappa shape index (κ2) is 8.90. The van der Waals surface area contributed by atoms with Crippen molar-refractivity contribution in [1.29, 1.82) is 0 Å². The summed E-state index contributed by atoms with van der Waals surface area (Å²) in [6.07, 6.45) is -3.05. The minimum absolute atomic E-state index is 0.187. The van der Waals surface area contributed by atoms with Crippen LogP contribution in [0.15, 0.2) is 67.0 Å². The largest absolute Gasteiger partial charge is 0.493 e. The molecule has 0 spiro atoms. The third-order valence-electron chi connectivity index (χ3n) is 5.49. The molecule has 4 rings (SSSR count). The quantitative estimate of drug-likeness (QED) is 0.485. The van der Waals surface area contributed by atoms with Crippen LogP contribution >= 0.6 is 0 Å². The van der Waals surface area contributed by atoms with Crippen molar-refractivity contribution in [1.82, 2.24) is 10.0 Å². The molecule has 2 aromatic carbocycles. The van der Waals surface area contributed by atoms with Crippen LogP contribution in [0.3, 0.4) is 0 Å². The number of amides is 2. The van der Waals surface area contributed by atoms with Gasteiger partial charge in [0.15, 0.2) is 11.6 Å². The number of hydrogen-bond acceptors (Lipinski definition) is 4. The molecule has 2 unspecified atom stereocenters. The molecular formula is C23H18F5N3O3. The molecule has 1 fully saturated rings. The Morgan fingerprint density at radius 2 is 1.79 bits per heavy atom. The van der Waals surface area contributed by atoms with Crippen molar-refractivity contribution in [3.05, 3.63) is 89.8 Å². The first kappa shape index (κ1) is 23.4. The number of nitrogens with one attached hydrogen (secondary N) is 1. The second-order valence-corrected chi connectivity index (χ2v) is 7.48. The van der Waals surface area contributed by atoms with Gasteiger partial charge in [-0.05, 0) is 23.8 Å². The van der Waals surface area contributed by atoms with Gasteiger partial charge in [0.05, 0.1) is 13.2 Å². The molecule has 1 aliphatic heterocycles. The van der Waals surface area contributed by atoms with Crippen LogP contribution in [0, 0.1) is 11.6 Å². The van der Waals surface area contributed by atoms with Crippen LogP contribution in [-0.2, 0) is 10.4 Å². The molecule has 2 amide bonds. The third kappa shape index (κ3) is 4.03. The molecule has 0 aliphatic carbocycles. The van der Waals surface area contributed by atoms with E-state index >= 15 is 0 Å². The van der Waals surface area contributed by atoms with E-state index in [2.05, 4.69) is 10.3 Å². The number of urea groups is 1. The Morgan fingerprint density at radius 1 is 1.12 bits per heavy atom. The zero-order valence-corrected chi connectivity index (χ0v) is 17.6. The van der Waals surface area contributed by atoms with Gasteiger partial charge in [-0.25, -0.2) is 14.0 Å². The van der Waals surface area contributed by atoms with E-state index in [1.165, 1.54) is 54.9 Å². The fourth-order valence-corrected chi connectivity index (χ4v) is 3.88. The minimum atomic E-state index is -4.97. The Labute approximate surface area is 190 Å². The summed E-state index contributed by atoms with van der Waals surface area (Å²) in [7, 11) is 1.05. The fourth-order valence-electron chi connectivity index (χ4n) is 3.88. The summed E-state index contributed by atoms with van der Waals surface area (Å²) in [4.78, 5) is 22.3. The van der Waals surface area contributed by atoms with E-state index in [1.54, 1.807) is 0 Å². The highest BCUT2D eigenvalue weighted by Crippen LogP contribution is 2.56. The number of rotatable bonds is 4. The third-order valence-corrected chi connectivity index (χ3v) is 5.49. The lowest BCUT2D eigenvalue weighted by Crippen LogP contribution is -2.44. The maximum absolute atomic E-state index is 14.5. The number of carbonyl (C=O) groups is 1. The molecular weight excluding hydrogens is 461 g/mol. The van der Waals surface area contributed by atoms with Crippen molar-refractivity contribution in [2.24, 2.45) is 0 Å². The molecule has 2 heterocycles. The van der Waals surface area contributed by atoms with Crippen LogP contribution in [0.2, 0.25) is 0 Å². The molecule has 0 radical (unpaired) electrons. The van der Waals surface area contributed by atoms with Crippen LogP contribution in [0.5, 0.6) is 5.75 Å². The van der Waals surface area contributed by atoms with Crippen molar-refractivity contribution < 1.29 is 36.3 Å². The average Bonchev–Trinajstić information content (AvgIpc) is 3.24. The number of carbonyl (C=O) groups excluding carboxylic acids is 1. The number of halogens is 5. The summed E-state index contributed by atoms with van der Waals surface area (Å²) in [5.41, 5.74) is -3.14. The lowest BCUT2D eigenvalue weighted by molar-refractivity contribution is -0.313. The van der Waals surface area contributed by atoms with E-state index < -0.39 is 47.7 Å². The number of aromatic nitrogens is 1. The van der Waals surface area contributed by atoms with Crippen LogP contribution in [0.1, 0.15) is 23.6 Å². The summed E-state index contributed by atoms with van der Waals surface area (Å²) in [5, 5.41) is 2.92. The molecule has 1 aliphatic rings. The minimum Gasteiger partial charge on any atom is -0.493 e. The van der Waals surface area contributed by atoms with Gasteiger partial charge in [0.2, 0.25) is 11.4 Å². The predicted molar refractivity (Wildman–Crippen MR) is 111 cm³/mol. The van der Waals surface area contributed by atoms with E-state index in [0.717, 1.165) is 19.2 Å². The van der Waals surface area contributed by atoms with Gasteiger partial charge in [-0.3, -0.25) is 4.98 Å². The number of hydrogen-bond donors (Lipinski definition) is 1. The summed E-state index contributed by atoms with van der Waals surface area (Å²) in [6, 6.07) is 8.92. The standard InChI is InChI=1S/C23H18F5N3O3/c1-33-20-16(7-8-17(24)19(20)25)18-13-22(23(26,27)28,14-5-3-2-4-6-14)34-31(18)21(32)30-15-9-11-29-12-10-15/h2-12,18H,13H2,1H3,(H,29,30,32). The van der Waals surface area contributed by atoms with Gasteiger partial charge in [-0.2, -0.15) is 22.6 Å². The maximum atomic E-state index is 14.5. The van der Waals surface area contributed by atoms with Crippen LogP contribution in [0.25, 0.3) is 0 Å². The average molecular weight is 479 g/mol. The van der Waals surface area contributed by atoms with Crippen LogP contribution < -0.4 is 10.1 Å². The van der Waals surface area contributed by atoms with E-state index in [4.69, 9.17) is 9.57 Å². The molecule has 0 bridgehead atoms. The van der Waals surface area contributed by atoms with Crippen molar-refractivity contribution >= 4 is 11.7 Å². The molecule has 0 saturated carbocycles. The first-order valence-corrected chi connectivity index (χ1v) is 10.0. The molecule has 6 nitrogen and oxygen atoms in total. The number of methoxy groups -OCH3 is 1. The Morgan fingerprint density at radius 3 is 2.41 bits per heavy atom. The first-order chi connectivity index (χ1) is 16.2. The number of nitrogens with zero attached hydrogens (tertiary/aromatic N) is 2. The van der Waals surface area contributed by atoms with Gasteiger partial charge < -0.3 is 10.1 Å². The molecule has 178 valence electrons. The van der Waals surface area contributed by atoms with Gasteiger partial charge in [-0.15, -0.1) is 0 Å². The summed E-state index contributed by atoms with van der Waals surface area (Å²) >= 11 is 0. The molecule has 3 aromatic rings. The van der Waals surface area contributed by atoms with Gasteiger partial charge in [-0.1, -0.05) is 36.4 Å². The summed E-state index contributed by atoms with van der Waals surface area (Å²) in [5.74, 6) is -3.27. The lowest BCUT2D eigenvalue weighted by atomic mass is 9.85. The number of ether oxygens (including phenoxy) is 1. The normalized spacial score (nSPS) is 20.3. The monoisotopic (exact) mass is 479 g/mol. The molecule has 1 saturated heterocycles. The number of alkyl halides is 3. The predicted octanol–water partition coefficient (Wildman–Crippen LogP) is 5.74. The van der Waals surface area contributed by atoms with Crippen molar-refractivity contribution in [3.63, 3.8) is 0 Å². The summed E-state index contributed by atoms with van der Waals surface area (Å²) < 4.78 is 76.8. The molecule has 2 atom stereocenters. The lowest BCUT2D eigenvalue weighted by Gasteiger charge is -2.31. The Bertz CT molecular complexity index is 1180. The van der Waals surface area contributed by atoms with E-state index in [1.807, 2.05) is 0 Å².